The predicted molar refractivity (Wildman–Crippen MR) is 103 cm³/mol. The molecule has 26 heavy (non-hydrogen) atoms. The molecule has 0 aliphatic carbocycles. The molecule has 1 atom stereocenters. The zero-order valence-electron chi connectivity index (χ0n) is 14.3. The third-order valence-corrected chi connectivity index (χ3v) is 6.53. The Hall–Kier alpha value is -2.63. The van der Waals surface area contributed by atoms with E-state index in [9.17, 15) is 8.42 Å². The molecule has 1 heterocycles. The highest BCUT2D eigenvalue weighted by Gasteiger charge is 2.38. The SMILES string of the molecule is O=S(=O)(c1ccccc1)N1CC(c2ccccc2)N(c2ccccc2)C1. The molecule has 1 aliphatic heterocycles. The molecule has 0 aromatic heterocycles. The van der Waals surface area contributed by atoms with Crippen LogP contribution < -0.4 is 4.90 Å². The summed E-state index contributed by atoms with van der Waals surface area (Å²) in [5.74, 6) is 0. The third kappa shape index (κ3) is 3.11. The fourth-order valence-corrected chi connectivity index (χ4v) is 4.79. The monoisotopic (exact) mass is 364 g/mol. The summed E-state index contributed by atoms with van der Waals surface area (Å²) in [5.41, 5.74) is 2.13. The van der Waals surface area contributed by atoms with E-state index in [1.165, 1.54) is 0 Å². The van der Waals surface area contributed by atoms with Crippen molar-refractivity contribution >= 4 is 15.7 Å². The van der Waals surface area contributed by atoms with Gasteiger partial charge in [-0.2, -0.15) is 4.31 Å². The van der Waals surface area contributed by atoms with Crippen LogP contribution in [0, 0.1) is 0 Å². The molecule has 0 spiro atoms. The Morgan fingerprint density at radius 3 is 1.88 bits per heavy atom. The maximum atomic E-state index is 13.1. The number of benzene rings is 3. The molecule has 5 heteroatoms. The smallest absolute Gasteiger partial charge is 0.244 e. The van der Waals surface area contributed by atoms with Crippen molar-refractivity contribution < 1.29 is 8.42 Å². The highest BCUT2D eigenvalue weighted by Crippen LogP contribution is 2.35. The molecule has 0 saturated carbocycles. The van der Waals surface area contributed by atoms with E-state index in [1.807, 2.05) is 54.6 Å². The summed E-state index contributed by atoms with van der Waals surface area (Å²) in [5, 5.41) is 0. The number of nitrogens with zero attached hydrogens (tertiary/aromatic N) is 2. The van der Waals surface area contributed by atoms with Gasteiger partial charge in [0.05, 0.1) is 17.6 Å². The second kappa shape index (κ2) is 6.94. The summed E-state index contributed by atoms with van der Waals surface area (Å²) in [6, 6.07) is 28.7. The maximum Gasteiger partial charge on any atom is 0.244 e. The van der Waals surface area contributed by atoms with E-state index in [1.54, 1.807) is 28.6 Å². The zero-order valence-corrected chi connectivity index (χ0v) is 15.1. The summed E-state index contributed by atoms with van der Waals surface area (Å²) in [6.45, 7) is 0.761. The Balaban J connectivity index is 1.72. The molecule has 1 fully saturated rings. The first-order valence-corrected chi connectivity index (χ1v) is 10.0. The number of para-hydroxylation sites is 1. The number of hydrogen-bond acceptors (Lipinski definition) is 3. The Morgan fingerprint density at radius 2 is 1.27 bits per heavy atom. The first-order chi connectivity index (χ1) is 12.7. The van der Waals surface area contributed by atoms with E-state index in [0.29, 0.717) is 18.1 Å². The van der Waals surface area contributed by atoms with Crippen molar-refractivity contribution in [2.24, 2.45) is 0 Å². The standard InChI is InChI=1S/C21H20N2O2S/c24-26(25,20-14-8-3-9-15-20)22-16-21(18-10-4-1-5-11-18)23(17-22)19-12-6-2-7-13-19/h1-15,21H,16-17H2. The molecular weight excluding hydrogens is 344 g/mol. The molecule has 0 N–H and O–H groups in total. The molecule has 4 rings (SSSR count). The lowest BCUT2D eigenvalue weighted by atomic mass is 10.1. The van der Waals surface area contributed by atoms with Crippen LogP contribution in [0.1, 0.15) is 11.6 Å². The minimum Gasteiger partial charge on any atom is -0.349 e. The molecule has 0 radical (unpaired) electrons. The molecular formula is C21H20N2O2S. The average Bonchev–Trinajstić information content (AvgIpc) is 3.16. The van der Waals surface area contributed by atoms with Crippen molar-refractivity contribution in [1.82, 2.24) is 4.31 Å². The summed E-state index contributed by atoms with van der Waals surface area (Å²) >= 11 is 0. The maximum absolute atomic E-state index is 13.1. The summed E-state index contributed by atoms with van der Waals surface area (Å²) in [7, 11) is -3.53. The van der Waals surface area contributed by atoms with Gasteiger partial charge < -0.3 is 4.90 Å². The van der Waals surface area contributed by atoms with Crippen LogP contribution in [0.15, 0.2) is 95.9 Å². The van der Waals surface area contributed by atoms with Crippen molar-refractivity contribution in [1.29, 1.82) is 0 Å². The van der Waals surface area contributed by atoms with Gasteiger partial charge in [0.25, 0.3) is 0 Å². The van der Waals surface area contributed by atoms with Crippen molar-refractivity contribution in [2.45, 2.75) is 10.9 Å². The number of anilines is 1. The van der Waals surface area contributed by atoms with Crippen LogP contribution in [0.4, 0.5) is 5.69 Å². The minimum atomic E-state index is -3.53. The zero-order chi connectivity index (χ0) is 18.0. The lowest BCUT2D eigenvalue weighted by Gasteiger charge is -2.26. The highest BCUT2D eigenvalue weighted by molar-refractivity contribution is 7.89. The lowest BCUT2D eigenvalue weighted by molar-refractivity contribution is 0.473. The number of sulfonamides is 1. The van der Waals surface area contributed by atoms with Crippen molar-refractivity contribution in [3.05, 3.63) is 96.6 Å². The van der Waals surface area contributed by atoms with Gasteiger partial charge in [-0.3, -0.25) is 0 Å². The van der Waals surface area contributed by atoms with Crippen LogP contribution in [0.3, 0.4) is 0 Å². The fourth-order valence-electron chi connectivity index (χ4n) is 3.37. The predicted octanol–water partition coefficient (Wildman–Crippen LogP) is 3.90. The quantitative estimate of drug-likeness (QED) is 0.705. The molecule has 0 bridgehead atoms. The second-order valence-corrected chi connectivity index (χ2v) is 8.26. The minimum absolute atomic E-state index is 0.0166. The Labute approximate surface area is 154 Å². The van der Waals surface area contributed by atoms with E-state index < -0.39 is 10.0 Å². The first kappa shape index (κ1) is 16.8. The van der Waals surface area contributed by atoms with Gasteiger partial charge >= 0.3 is 0 Å². The molecule has 1 aliphatic rings. The van der Waals surface area contributed by atoms with Crippen LogP contribution in [-0.4, -0.2) is 25.9 Å². The Bertz CT molecular complexity index is 913. The second-order valence-electron chi connectivity index (χ2n) is 6.33. The third-order valence-electron chi connectivity index (χ3n) is 4.72. The summed E-state index contributed by atoms with van der Waals surface area (Å²) < 4.78 is 27.7. The molecule has 132 valence electrons. The topological polar surface area (TPSA) is 40.6 Å². The van der Waals surface area contributed by atoms with Crippen LogP contribution in [0.5, 0.6) is 0 Å². The van der Waals surface area contributed by atoms with Gasteiger partial charge in [0.1, 0.15) is 0 Å². The van der Waals surface area contributed by atoms with E-state index in [4.69, 9.17) is 0 Å². The highest BCUT2D eigenvalue weighted by atomic mass is 32.2. The van der Waals surface area contributed by atoms with E-state index in [2.05, 4.69) is 17.0 Å². The molecule has 3 aromatic rings. The van der Waals surface area contributed by atoms with Crippen LogP contribution in [0.25, 0.3) is 0 Å². The van der Waals surface area contributed by atoms with Gasteiger partial charge in [0, 0.05) is 12.2 Å². The van der Waals surface area contributed by atoms with Gasteiger partial charge in [0.15, 0.2) is 0 Å². The van der Waals surface area contributed by atoms with Gasteiger partial charge in [-0.25, -0.2) is 8.42 Å². The van der Waals surface area contributed by atoms with Gasteiger partial charge in [0.2, 0.25) is 10.0 Å². The molecule has 1 saturated heterocycles. The van der Waals surface area contributed by atoms with Crippen LogP contribution in [-0.2, 0) is 10.0 Å². The summed E-state index contributed by atoms with van der Waals surface area (Å²) in [6.07, 6.45) is 0. The molecule has 4 nitrogen and oxygen atoms in total. The lowest BCUT2D eigenvalue weighted by Crippen LogP contribution is -2.31. The van der Waals surface area contributed by atoms with Gasteiger partial charge in [-0.05, 0) is 29.8 Å². The normalized spacial score (nSPS) is 18.2. The van der Waals surface area contributed by atoms with Crippen molar-refractivity contribution in [3.8, 4) is 0 Å². The van der Waals surface area contributed by atoms with Crippen molar-refractivity contribution in [3.63, 3.8) is 0 Å². The van der Waals surface area contributed by atoms with Crippen LogP contribution >= 0.6 is 0 Å². The van der Waals surface area contributed by atoms with E-state index in [0.717, 1.165) is 11.3 Å². The Kier molecular flexibility index (Phi) is 4.49. The molecule has 0 amide bonds. The fraction of sp³-hybridized carbons (Fsp3) is 0.143. The van der Waals surface area contributed by atoms with Gasteiger partial charge in [-0.15, -0.1) is 0 Å². The van der Waals surface area contributed by atoms with Gasteiger partial charge in [-0.1, -0.05) is 66.7 Å². The van der Waals surface area contributed by atoms with E-state index in [-0.39, 0.29) is 6.04 Å². The number of hydrogen-bond donors (Lipinski definition) is 0. The molecule has 1 unspecified atom stereocenters. The first-order valence-electron chi connectivity index (χ1n) is 8.58. The van der Waals surface area contributed by atoms with E-state index >= 15 is 0 Å². The van der Waals surface area contributed by atoms with Crippen molar-refractivity contribution in [2.75, 3.05) is 18.1 Å². The molecule has 3 aromatic carbocycles. The van der Waals surface area contributed by atoms with Crippen LogP contribution in [0.2, 0.25) is 0 Å². The Morgan fingerprint density at radius 1 is 0.731 bits per heavy atom. The number of rotatable bonds is 4. The average molecular weight is 364 g/mol. The summed E-state index contributed by atoms with van der Waals surface area (Å²) in [4.78, 5) is 2.48. The largest absolute Gasteiger partial charge is 0.349 e.